The number of hydrogen-bond acceptors (Lipinski definition) is 5. The Balaban J connectivity index is 2.10. The maximum Gasteiger partial charge on any atom is 0.0835 e. The highest BCUT2D eigenvalue weighted by molar-refractivity contribution is 8.07. The van der Waals surface area contributed by atoms with Gasteiger partial charge in [-0.05, 0) is 30.6 Å². The van der Waals surface area contributed by atoms with Crippen LogP contribution >= 0.6 is 35.3 Å². The van der Waals surface area contributed by atoms with E-state index in [0.717, 1.165) is 5.69 Å². The average Bonchev–Trinajstić information content (AvgIpc) is 2.77. The first-order valence-electron chi connectivity index (χ1n) is 5.85. The summed E-state index contributed by atoms with van der Waals surface area (Å²) >= 11 is 5.75. The fourth-order valence-corrected chi connectivity index (χ4v) is 5.81. The molecule has 2 heterocycles. The molecule has 0 spiro atoms. The quantitative estimate of drug-likeness (QED) is 0.755. The predicted octanol–water partition coefficient (Wildman–Crippen LogP) is 4.23. The van der Waals surface area contributed by atoms with Crippen LogP contribution in [0.4, 0.5) is 5.69 Å². The van der Waals surface area contributed by atoms with Gasteiger partial charge >= 0.3 is 0 Å². The molecule has 1 atom stereocenters. The molecule has 2 aliphatic rings. The molecule has 3 rings (SSSR count). The number of nitrogens with zero attached hydrogens (tertiary/aromatic N) is 1. The summed E-state index contributed by atoms with van der Waals surface area (Å²) in [5, 5.41) is 2.51. The average molecular weight is 297 g/mol. The summed E-state index contributed by atoms with van der Waals surface area (Å²) in [6.45, 7) is 0. The highest BCUT2D eigenvalue weighted by Gasteiger charge is 2.29. The molecule has 2 nitrogen and oxygen atoms in total. The molecule has 0 aliphatic carbocycles. The van der Waals surface area contributed by atoms with Crippen molar-refractivity contribution in [1.82, 2.24) is 0 Å². The van der Waals surface area contributed by atoms with Gasteiger partial charge in [-0.25, -0.2) is 5.06 Å². The van der Waals surface area contributed by atoms with Crippen LogP contribution in [-0.4, -0.2) is 24.4 Å². The summed E-state index contributed by atoms with van der Waals surface area (Å²) in [6, 6.07) is 6.43. The summed E-state index contributed by atoms with van der Waals surface area (Å²) in [5.74, 6) is 1.22. The van der Waals surface area contributed by atoms with Crippen molar-refractivity contribution < 1.29 is 4.84 Å². The van der Waals surface area contributed by atoms with Gasteiger partial charge in [0.1, 0.15) is 0 Å². The molecule has 1 saturated heterocycles. The monoisotopic (exact) mass is 297 g/mol. The SMILES string of the molecule is CON1C=C2SCCC2Sc2c(SC)cccc21. The number of thioether (sulfide) groups is 3. The largest absolute Gasteiger partial charge is 0.272 e. The zero-order valence-corrected chi connectivity index (χ0v) is 12.8. The smallest absolute Gasteiger partial charge is 0.0835 e. The van der Waals surface area contributed by atoms with Gasteiger partial charge in [0.05, 0.1) is 12.8 Å². The third-order valence-corrected chi connectivity index (χ3v) is 6.74. The van der Waals surface area contributed by atoms with Crippen molar-refractivity contribution in [3.63, 3.8) is 0 Å². The van der Waals surface area contributed by atoms with Crippen molar-refractivity contribution in [3.05, 3.63) is 29.3 Å². The molecule has 5 heteroatoms. The number of hydroxylamine groups is 1. The lowest BCUT2D eigenvalue weighted by molar-refractivity contribution is 0.196. The van der Waals surface area contributed by atoms with E-state index in [0.29, 0.717) is 5.25 Å². The standard InChI is InChI=1S/C13H15NOS3/c1-15-14-8-12-10(6-7-17-12)18-13-9(14)4-3-5-11(13)16-2/h3-5,8,10H,6-7H2,1-2H3. The molecule has 0 aromatic heterocycles. The van der Waals surface area contributed by atoms with Gasteiger partial charge in [0.15, 0.2) is 0 Å². The van der Waals surface area contributed by atoms with Crippen LogP contribution in [0, 0.1) is 0 Å². The maximum atomic E-state index is 5.53. The third kappa shape index (κ3) is 2.18. The van der Waals surface area contributed by atoms with Crippen molar-refractivity contribution in [3.8, 4) is 0 Å². The second-order valence-corrected chi connectivity index (χ2v) is 7.32. The lowest BCUT2D eigenvalue weighted by Crippen LogP contribution is -2.14. The molecule has 0 radical (unpaired) electrons. The van der Waals surface area contributed by atoms with Gasteiger partial charge in [0.2, 0.25) is 0 Å². The second-order valence-electron chi connectivity index (χ2n) is 4.09. The molecule has 0 saturated carbocycles. The van der Waals surface area contributed by atoms with E-state index in [1.165, 1.54) is 26.9 Å². The van der Waals surface area contributed by atoms with Crippen LogP contribution in [0.1, 0.15) is 6.42 Å². The zero-order chi connectivity index (χ0) is 12.5. The first-order valence-corrected chi connectivity index (χ1v) is 8.94. The Bertz CT molecular complexity index is 489. The van der Waals surface area contributed by atoms with Crippen molar-refractivity contribution in [2.45, 2.75) is 21.5 Å². The summed E-state index contributed by atoms with van der Waals surface area (Å²) in [6.07, 6.45) is 5.54. The summed E-state index contributed by atoms with van der Waals surface area (Å²) in [4.78, 5) is 9.65. The molecule has 0 amide bonds. The zero-order valence-electron chi connectivity index (χ0n) is 10.4. The van der Waals surface area contributed by atoms with Crippen molar-refractivity contribution in [2.24, 2.45) is 0 Å². The Morgan fingerprint density at radius 3 is 3.11 bits per heavy atom. The number of fused-ring (bicyclic) bond motifs is 2. The van der Waals surface area contributed by atoms with Crippen LogP contribution in [0.3, 0.4) is 0 Å². The minimum Gasteiger partial charge on any atom is -0.272 e. The number of anilines is 1. The van der Waals surface area contributed by atoms with Crippen LogP contribution < -0.4 is 5.06 Å². The number of hydrogen-bond donors (Lipinski definition) is 0. The molecular weight excluding hydrogens is 282 g/mol. The topological polar surface area (TPSA) is 12.5 Å². The third-order valence-electron chi connectivity index (χ3n) is 3.08. The van der Waals surface area contributed by atoms with Crippen molar-refractivity contribution in [2.75, 3.05) is 24.2 Å². The minimum absolute atomic E-state index is 0.599. The summed E-state index contributed by atoms with van der Waals surface area (Å²) < 4.78 is 0. The number of benzene rings is 1. The van der Waals surface area contributed by atoms with Crippen LogP contribution in [0.2, 0.25) is 0 Å². The Morgan fingerprint density at radius 1 is 1.44 bits per heavy atom. The van der Waals surface area contributed by atoms with E-state index in [-0.39, 0.29) is 0 Å². The molecule has 0 N–H and O–H groups in total. The van der Waals surface area contributed by atoms with Gasteiger partial charge in [-0.1, -0.05) is 6.07 Å². The molecule has 0 bridgehead atoms. The van der Waals surface area contributed by atoms with Crippen LogP contribution in [0.25, 0.3) is 0 Å². The maximum absolute atomic E-state index is 5.53. The Labute approximate surface area is 120 Å². The van der Waals surface area contributed by atoms with Crippen LogP contribution in [0.15, 0.2) is 39.1 Å². The van der Waals surface area contributed by atoms with E-state index in [9.17, 15) is 0 Å². The minimum atomic E-state index is 0.599. The Kier molecular flexibility index (Phi) is 3.84. The van der Waals surface area contributed by atoms with Gasteiger partial charge in [-0.15, -0.1) is 35.3 Å². The molecule has 1 fully saturated rings. The first-order chi connectivity index (χ1) is 8.83. The van der Waals surface area contributed by atoms with E-state index >= 15 is 0 Å². The first kappa shape index (κ1) is 12.8. The van der Waals surface area contributed by atoms with Crippen molar-refractivity contribution >= 4 is 41.0 Å². The Morgan fingerprint density at radius 2 is 2.33 bits per heavy atom. The fourth-order valence-electron chi connectivity index (χ4n) is 2.19. The molecule has 18 heavy (non-hydrogen) atoms. The van der Waals surface area contributed by atoms with Gasteiger partial charge < -0.3 is 0 Å². The van der Waals surface area contributed by atoms with Crippen LogP contribution in [-0.2, 0) is 4.84 Å². The van der Waals surface area contributed by atoms with E-state index < -0.39 is 0 Å². The van der Waals surface area contributed by atoms with Gasteiger partial charge in [0, 0.05) is 26.1 Å². The highest BCUT2D eigenvalue weighted by Crippen LogP contribution is 2.50. The molecule has 96 valence electrons. The van der Waals surface area contributed by atoms with E-state index in [1.807, 2.05) is 28.6 Å². The van der Waals surface area contributed by atoms with Gasteiger partial charge in [0.25, 0.3) is 0 Å². The van der Waals surface area contributed by atoms with E-state index in [2.05, 4.69) is 30.7 Å². The fraction of sp³-hybridized carbons (Fsp3) is 0.385. The summed E-state index contributed by atoms with van der Waals surface area (Å²) in [5.41, 5.74) is 1.16. The summed E-state index contributed by atoms with van der Waals surface area (Å²) in [7, 11) is 1.73. The molecule has 1 aromatic rings. The van der Waals surface area contributed by atoms with Crippen LogP contribution in [0.5, 0.6) is 0 Å². The van der Waals surface area contributed by atoms with Gasteiger partial charge in [-0.2, -0.15) is 0 Å². The Hall–Kier alpha value is -0.230. The molecular formula is C13H15NOS3. The van der Waals surface area contributed by atoms with E-state index in [4.69, 9.17) is 4.84 Å². The van der Waals surface area contributed by atoms with E-state index in [1.54, 1.807) is 18.9 Å². The molecule has 1 unspecified atom stereocenters. The molecule has 1 aromatic carbocycles. The van der Waals surface area contributed by atoms with Gasteiger partial charge in [-0.3, -0.25) is 4.84 Å². The highest BCUT2D eigenvalue weighted by atomic mass is 32.2. The predicted molar refractivity (Wildman–Crippen MR) is 82.5 cm³/mol. The molecule has 2 aliphatic heterocycles. The lowest BCUT2D eigenvalue weighted by Gasteiger charge is -2.20. The lowest BCUT2D eigenvalue weighted by atomic mass is 10.3. The number of rotatable bonds is 2. The van der Waals surface area contributed by atoms with Crippen molar-refractivity contribution in [1.29, 1.82) is 0 Å². The second kappa shape index (κ2) is 5.41. The normalized spacial score (nSPS) is 22.2.